The first-order valence-corrected chi connectivity index (χ1v) is 5.39. The van der Waals surface area contributed by atoms with Crippen LogP contribution in [0.15, 0.2) is 17.6 Å². The number of aromatic nitrogens is 2. The highest BCUT2D eigenvalue weighted by atomic mass is 32.1. The minimum Gasteiger partial charge on any atom is -0.382 e. The number of thiophene rings is 1. The third kappa shape index (κ3) is 1.77. The van der Waals surface area contributed by atoms with Crippen molar-refractivity contribution in [3.63, 3.8) is 0 Å². The SMILES string of the molecule is Cc1cc(C(O)c2cnsn2)cs1. The smallest absolute Gasteiger partial charge is 0.124 e. The molecule has 1 N–H and O–H groups in total. The normalized spacial score (nSPS) is 13.1. The van der Waals surface area contributed by atoms with Gasteiger partial charge in [0.15, 0.2) is 0 Å². The maximum absolute atomic E-state index is 9.80. The number of aryl methyl sites for hydroxylation is 1. The molecule has 0 aliphatic carbocycles. The Morgan fingerprint density at radius 3 is 2.92 bits per heavy atom. The molecule has 0 aromatic carbocycles. The second-order valence-electron chi connectivity index (χ2n) is 2.73. The minimum absolute atomic E-state index is 0.622. The molecule has 2 rings (SSSR count). The summed E-state index contributed by atoms with van der Waals surface area (Å²) >= 11 is 2.74. The lowest BCUT2D eigenvalue weighted by Gasteiger charge is -2.02. The molecule has 0 radical (unpaired) electrons. The summed E-state index contributed by atoms with van der Waals surface area (Å²) in [4.78, 5) is 1.19. The molecule has 5 heteroatoms. The molecular formula is C8H8N2OS2. The molecule has 0 spiro atoms. The monoisotopic (exact) mass is 212 g/mol. The molecule has 0 fully saturated rings. The van der Waals surface area contributed by atoms with Crippen molar-refractivity contribution in [2.75, 3.05) is 0 Å². The fraction of sp³-hybridized carbons (Fsp3) is 0.250. The van der Waals surface area contributed by atoms with Gasteiger partial charge in [0.05, 0.1) is 17.9 Å². The lowest BCUT2D eigenvalue weighted by atomic mass is 10.1. The Hall–Kier alpha value is -0.780. The lowest BCUT2D eigenvalue weighted by molar-refractivity contribution is 0.217. The third-order valence-corrected chi connectivity index (χ3v) is 3.10. The summed E-state index contributed by atoms with van der Waals surface area (Å²) in [6.45, 7) is 2.01. The van der Waals surface area contributed by atoms with E-state index in [1.165, 1.54) is 4.88 Å². The van der Waals surface area contributed by atoms with Crippen LogP contribution in [0.2, 0.25) is 0 Å². The van der Waals surface area contributed by atoms with Crippen LogP contribution < -0.4 is 0 Å². The van der Waals surface area contributed by atoms with Crippen molar-refractivity contribution in [3.8, 4) is 0 Å². The maximum atomic E-state index is 9.80. The highest BCUT2D eigenvalue weighted by molar-refractivity contribution is 7.10. The van der Waals surface area contributed by atoms with Gasteiger partial charge in [-0.3, -0.25) is 0 Å². The Morgan fingerprint density at radius 2 is 2.38 bits per heavy atom. The number of rotatable bonds is 2. The van der Waals surface area contributed by atoms with Gasteiger partial charge in [-0.1, -0.05) is 0 Å². The topological polar surface area (TPSA) is 46.0 Å². The van der Waals surface area contributed by atoms with E-state index in [-0.39, 0.29) is 0 Å². The molecular weight excluding hydrogens is 204 g/mol. The molecule has 2 heterocycles. The van der Waals surface area contributed by atoms with Crippen molar-refractivity contribution < 1.29 is 5.11 Å². The molecule has 0 amide bonds. The summed E-state index contributed by atoms with van der Waals surface area (Å²) in [5, 5.41) is 11.7. The Morgan fingerprint density at radius 1 is 1.54 bits per heavy atom. The van der Waals surface area contributed by atoms with Gasteiger partial charge >= 0.3 is 0 Å². The molecule has 0 aliphatic heterocycles. The third-order valence-electron chi connectivity index (χ3n) is 1.73. The molecule has 0 saturated heterocycles. The van der Waals surface area contributed by atoms with Crippen LogP contribution in [0.5, 0.6) is 0 Å². The molecule has 13 heavy (non-hydrogen) atoms. The van der Waals surface area contributed by atoms with Crippen LogP contribution in [0.25, 0.3) is 0 Å². The summed E-state index contributed by atoms with van der Waals surface area (Å²) in [6.07, 6.45) is 0.978. The van der Waals surface area contributed by atoms with Crippen LogP contribution in [0.4, 0.5) is 0 Å². The lowest BCUT2D eigenvalue weighted by Crippen LogP contribution is -1.97. The van der Waals surface area contributed by atoms with Gasteiger partial charge in [0, 0.05) is 4.88 Å². The first kappa shape index (κ1) is 8.80. The van der Waals surface area contributed by atoms with Crippen LogP contribution in [0, 0.1) is 6.92 Å². The predicted molar refractivity (Wildman–Crippen MR) is 53.0 cm³/mol. The summed E-state index contributed by atoms with van der Waals surface area (Å²) in [6, 6.07) is 1.97. The van der Waals surface area contributed by atoms with Crippen molar-refractivity contribution >= 4 is 23.1 Å². The standard InChI is InChI=1S/C8H8N2OS2/c1-5-2-6(4-12-5)8(11)7-3-9-13-10-7/h2-4,8,11H,1H3. The van der Waals surface area contributed by atoms with E-state index in [1.54, 1.807) is 17.5 Å². The Kier molecular flexibility index (Phi) is 2.39. The van der Waals surface area contributed by atoms with Gasteiger partial charge in [-0.25, -0.2) is 0 Å². The molecule has 68 valence electrons. The van der Waals surface area contributed by atoms with Gasteiger partial charge in [0.2, 0.25) is 0 Å². The van der Waals surface area contributed by atoms with Gasteiger partial charge in [-0.15, -0.1) is 11.3 Å². The summed E-state index contributed by atoms with van der Waals surface area (Å²) < 4.78 is 7.84. The first-order chi connectivity index (χ1) is 6.27. The summed E-state index contributed by atoms with van der Waals surface area (Å²) in [5.41, 5.74) is 1.53. The van der Waals surface area contributed by atoms with E-state index >= 15 is 0 Å². The van der Waals surface area contributed by atoms with Gasteiger partial charge < -0.3 is 5.11 Å². The first-order valence-electron chi connectivity index (χ1n) is 3.78. The number of hydrogen-bond acceptors (Lipinski definition) is 5. The Labute approximate surface area is 84.0 Å². The zero-order valence-electron chi connectivity index (χ0n) is 6.97. The van der Waals surface area contributed by atoms with Crippen molar-refractivity contribution in [2.24, 2.45) is 0 Å². The Balaban J connectivity index is 2.28. The average Bonchev–Trinajstić information content (AvgIpc) is 2.72. The summed E-state index contributed by atoms with van der Waals surface area (Å²) in [5.74, 6) is 0. The fourth-order valence-corrected chi connectivity index (χ4v) is 2.24. The number of aliphatic hydroxyl groups excluding tert-OH is 1. The van der Waals surface area contributed by atoms with E-state index in [2.05, 4.69) is 8.75 Å². The minimum atomic E-state index is -0.622. The van der Waals surface area contributed by atoms with Crippen LogP contribution in [-0.4, -0.2) is 13.9 Å². The van der Waals surface area contributed by atoms with E-state index in [0.29, 0.717) is 5.69 Å². The van der Waals surface area contributed by atoms with E-state index in [9.17, 15) is 5.11 Å². The van der Waals surface area contributed by atoms with Crippen molar-refractivity contribution in [2.45, 2.75) is 13.0 Å². The fourth-order valence-electron chi connectivity index (χ4n) is 1.07. The largest absolute Gasteiger partial charge is 0.382 e. The van der Waals surface area contributed by atoms with E-state index < -0.39 is 6.10 Å². The predicted octanol–water partition coefficient (Wildman–Crippen LogP) is 1.99. The van der Waals surface area contributed by atoms with Crippen LogP contribution >= 0.6 is 23.1 Å². The zero-order chi connectivity index (χ0) is 9.26. The van der Waals surface area contributed by atoms with Gasteiger partial charge in [-0.2, -0.15) is 8.75 Å². The van der Waals surface area contributed by atoms with E-state index in [4.69, 9.17) is 0 Å². The molecule has 3 nitrogen and oxygen atoms in total. The van der Waals surface area contributed by atoms with Crippen LogP contribution in [-0.2, 0) is 0 Å². The molecule has 2 aromatic heterocycles. The molecule has 0 saturated carbocycles. The number of aliphatic hydroxyl groups is 1. The van der Waals surface area contributed by atoms with Gasteiger partial charge in [0.1, 0.15) is 11.8 Å². The van der Waals surface area contributed by atoms with Crippen molar-refractivity contribution in [3.05, 3.63) is 33.8 Å². The van der Waals surface area contributed by atoms with Gasteiger partial charge in [-0.05, 0) is 23.9 Å². The average molecular weight is 212 g/mol. The maximum Gasteiger partial charge on any atom is 0.124 e. The second kappa shape index (κ2) is 3.53. The highest BCUT2D eigenvalue weighted by Crippen LogP contribution is 2.24. The quantitative estimate of drug-likeness (QED) is 0.828. The van der Waals surface area contributed by atoms with Crippen molar-refractivity contribution in [1.82, 2.24) is 8.75 Å². The molecule has 0 bridgehead atoms. The molecule has 0 aliphatic rings. The zero-order valence-corrected chi connectivity index (χ0v) is 8.60. The van der Waals surface area contributed by atoms with Crippen LogP contribution in [0.1, 0.15) is 22.2 Å². The van der Waals surface area contributed by atoms with Crippen LogP contribution in [0.3, 0.4) is 0 Å². The van der Waals surface area contributed by atoms with E-state index in [0.717, 1.165) is 17.3 Å². The number of nitrogens with zero attached hydrogens (tertiary/aromatic N) is 2. The van der Waals surface area contributed by atoms with E-state index in [1.807, 2.05) is 18.4 Å². The molecule has 1 atom stereocenters. The molecule has 2 aromatic rings. The van der Waals surface area contributed by atoms with Gasteiger partial charge in [0.25, 0.3) is 0 Å². The molecule has 1 unspecified atom stereocenters. The van der Waals surface area contributed by atoms with Crippen molar-refractivity contribution in [1.29, 1.82) is 0 Å². The second-order valence-corrected chi connectivity index (χ2v) is 4.40. The Bertz CT molecular complexity index is 383. The summed E-state index contributed by atoms with van der Waals surface area (Å²) in [7, 11) is 0. The highest BCUT2D eigenvalue weighted by Gasteiger charge is 2.13. The number of hydrogen-bond donors (Lipinski definition) is 1.